The van der Waals surface area contributed by atoms with Gasteiger partial charge in [0.2, 0.25) is 0 Å². The molecule has 214 valence electrons. The van der Waals surface area contributed by atoms with Crippen LogP contribution in [0.2, 0.25) is 0 Å². The molecule has 0 spiro atoms. The normalized spacial score (nSPS) is 13.5. The molecular weight excluding hydrogens is 533 g/mol. The number of fused-ring (bicyclic) bond motifs is 1. The van der Waals surface area contributed by atoms with E-state index in [-0.39, 0.29) is 5.69 Å². The lowest BCUT2D eigenvalue weighted by Crippen LogP contribution is -2.36. The van der Waals surface area contributed by atoms with Gasteiger partial charge in [-0.05, 0) is 69.0 Å². The molecule has 12 heteroatoms. The van der Waals surface area contributed by atoms with Gasteiger partial charge in [0, 0.05) is 66.6 Å². The average Bonchev–Trinajstić information content (AvgIpc) is 3.61. The first kappa shape index (κ1) is 28.0. The van der Waals surface area contributed by atoms with Gasteiger partial charge in [0.05, 0.1) is 16.9 Å². The largest absolute Gasteiger partial charge is 0.416 e. The van der Waals surface area contributed by atoms with Crippen molar-refractivity contribution in [2.75, 3.05) is 49.5 Å². The van der Waals surface area contributed by atoms with Crippen LogP contribution in [-0.4, -0.2) is 55.0 Å². The number of carbonyl (C=O) groups excluding carboxylic acids is 1. The predicted octanol–water partition coefficient (Wildman–Crippen LogP) is 4.97. The fourth-order valence-electron chi connectivity index (χ4n) is 4.44. The Morgan fingerprint density at radius 1 is 1.05 bits per heavy atom. The Kier molecular flexibility index (Phi) is 7.61. The summed E-state index contributed by atoms with van der Waals surface area (Å²) in [5, 5.41) is 5.37. The van der Waals surface area contributed by atoms with Crippen LogP contribution in [0.5, 0.6) is 0 Å². The third kappa shape index (κ3) is 6.28. The molecule has 0 radical (unpaired) electrons. The first-order valence-electron chi connectivity index (χ1n) is 12.9. The van der Waals surface area contributed by atoms with Gasteiger partial charge in [-0.2, -0.15) is 13.2 Å². The van der Waals surface area contributed by atoms with Gasteiger partial charge in [0.15, 0.2) is 0 Å². The van der Waals surface area contributed by atoms with Gasteiger partial charge >= 0.3 is 6.18 Å². The van der Waals surface area contributed by atoms with E-state index in [0.717, 1.165) is 40.0 Å². The summed E-state index contributed by atoms with van der Waals surface area (Å²) in [5.74, 6) is -0.522. The highest BCUT2D eigenvalue weighted by Gasteiger charge is 2.32. The first-order chi connectivity index (χ1) is 19.5. The van der Waals surface area contributed by atoms with E-state index >= 15 is 0 Å². The van der Waals surface area contributed by atoms with Crippen LogP contribution in [0.25, 0.3) is 16.7 Å². The lowest BCUT2D eigenvalue weighted by atomic mass is 10.1. The minimum Gasteiger partial charge on any atom is -0.373 e. The number of alkyl halides is 3. The Balaban J connectivity index is 1.38. The Hall–Kier alpha value is -4.55. The predicted molar refractivity (Wildman–Crippen MR) is 155 cm³/mol. The molecule has 3 heterocycles. The fourth-order valence-corrected chi connectivity index (χ4v) is 4.44. The summed E-state index contributed by atoms with van der Waals surface area (Å²) in [4.78, 5) is 24.4. The zero-order valence-electron chi connectivity index (χ0n) is 23.1. The number of aromatic nitrogens is 2. The zero-order valence-corrected chi connectivity index (χ0v) is 23.1. The van der Waals surface area contributed by atoms with Crippen LogP contribution in [0.3, 0.4) is 0 Å². The summed E-state index contributed by atoms with van der Waals surface area (Å²) in [5.41, 5.74) is 10.1. The van der Waals surface area contributed by atoms with Gasteiger partial charge in [-0.15, -0.1) is 5.53 Å². The third-order valence-corrected chi connectivity index (χ3v) is 6.84. The van der Waals surface area contributed by atoms with Crippen molar-refractivity contribution >= 4 is 39.7 Å². The van der Waals surface area contributed by atoms with Crippen molar-refractivity contribution in [2.45, 2.75) is 13.1 Å². The minimum absolute atomic E-state index is 0.0643. The molecule has 0 saturated heterocycles. The molecule has 41 heavy (non-hydrogen) atoms. The monoisotopic (exact) mass is 564 g/mol. The number of amides is 1. The second-order valence-corrected chi connectivity index (χ2v) is 10.2. The lowest BCUT2D eigenvalue weighted by Gasteiger charge is -2.23. The summed E-state index contributed by atoms with van der Waals surface area (Å²) in [6.45, 7) is 3.08. The van der Waals surface area contributed by atoms with Crippen molar-refractivity contribution in [3.8, 4) is 0 Å². The molecule has 2 aromatic carbocycles. The summed E-state index contributed by atoms with van der Waals surface area (Å²) in [6.07, 6.45) is 0.865. The highest BCUT2D eigenvalue weighted by atomic mass is 19.4. The molecule has 5 rings (SSSR count). The van der Waals surface area contributed by atoms with Crippen molar-refractivity contribution in [1.29, 1.82) is 0 Å². The number of halogens is 3. The van der Waals surface area contributed by atoms with Gasteiger partial charge < -0.3 is 25.5 Å². The van der Waals surface area contributed by atoms with Gasteiger partial charge in [0.25, 0.3) is 5.91 Å². The second-order valence-electron chi connectivity index (χ2n) is 10.2. The maximum atomic E-state index is 13.7. The molecule has 4 aromatic rings. The zero-order chi connectivity index (χ0) is 29.3. The summed E-state index contributed by atoms with van der Waals surface area (Å²) in [6, 6.07) is 12.6. The molecule has 0 aliphatic carbocycles. The third-order valence-electron chi connectivity index (χ3n) is 6.84. The molecule has 0 fully saturated rings. The lowest BCUT2D eigenvalue weighted by molar-refractivity contribution is -0.137. The van der Waals surface area contributed by atoms with Gasteiger partial charge in [-0.25, -0.2) is 4.98 Å². The molecule has 0 bridgehead atoms. The Morgan fingerprint density at radius 2 is 1.85 bits per heavy atom. The number of hydrogen-bond acceptors (Lipinski definition) is 7. The van der Waals surface area contributed by atoms with E-state index in [1.807, 2.05) is 50.4 Å². The highest BCUT2D eigenvalue weighted by Crippen LogP contribution is 2.35. The number of hydrogen-bond donors (Lipinski definition) is 4. The molecule has 9 nitrogen and oxygen atoms in total. The number of nitrogens with one attached hydrogen (secondary N) is 4. The Morgan fingerprint density at radius 3 is 2.61 bits per heavy atom. The number of carbonyl (C=O) groups is 1. The van der Waals surface area contributed by atoms with E-state index in [4.69, 9.17) is 0 Å². The number of rotatable bonds is 8. The number of H-pyrrole nitrogens is 1. The number of likely N-dealkylation sites (N-methyl/N-ethyl adjacent to an activating group) is 2. The Bertz CT molecular complexity index is 1610. The van der Waals surface area contributed by atoms with Crippen molar-refractivity contribution in [3.05, 3.63) is 89.4 Å². The Labute approximate surface area is 235 Å². The number of aryl methyl sites for hydroxylation is 1. The molecule has 0 unspecified atom stereocenters. The van der Waals surface area contributed by atoms with Crippen LogP contribution < -0.4 is 26.2 Å². The summed E-state index contributed by atoms with van der Waals surface area (Å²) >= 11 is 0. The van der Waals surface area contributed by atoms with Crippen molar-refractivity contribution in [2.24, 2.45) is 0 Å². The number of nitrogens with zero attached hydrogens (tertiary/aromatic N) is 4. The van der Waals surface area contributed by atoms with E-state index in [9.17, 15) is 18.0 Å². The molecule has 1 aliphatic heterocycles. The maximum absolute atomic E-state index is 13.7. The summed E-state index contributed by atoms with van der Waals surface area (Å²) < 4.78 is 41.1. The van der Waals surface area contributed by atoms with Crippen LogP contribution in [0, 0.1) is 6.92 Å². The molecule has 0 saturated carbocycles. The topological polar surface area (TPSA) is 91.6 Å². The van der Waals surface area contributed by atoms with E-state index in [2.05, 4.69) is 26.2 Å². The highest BCUT2D eigenvalue weighted by molar-refractivity contribution is 6.05. The smallest absolute Gasteiger partial charge is 0.373 e. The molecular formula is C29H31F3N8O. The van der Waals surface area contributed by atoms with E-state index < -0.39 is 17.6 Å². The second kappa shape index (κ2) is 11.1. The first-order valence-corrected chi connectivity index (χ1v) is 12.9. The van der Waals surface area contributed by atoms with Gasteiger partial charge in [0.1, 0.15) is 5.65 Å². The average molecular weight is 565 g/mol. The van der Waals surface area contributed by atoms with E-state index in [1.165, 1.54) is 0 Å². The van der Waals surface area contributed by atoms with Crippen molar-refractivity contribution in [1.82, 2.24) is 25.8 Å². The van der Waals surface area contributed by atoms with E-state index in [0.29, 0.717) is 30.0 Å². The van der Waals surface area contributed by atoms with Crippen LogP contribution >= 0.6 is 0 Å². The summed E-state index contributed by atoms with van der Waals surface area (Å²) in [7, 11) is 5.51. The van der Waals surface area contributed by atoms with Crippen LogP contribution in [0.4, 0.5) is 30.2 Å². The van der Waals surface area contributed by atoms with E-state index in [1.54, 1.807) is 47.4 Å². The molecule has 4 N–H and O–H groups in total. The van der Waals surface area contributed by atoms with Crippen molar-refractivity contribution < 1.29 is 18.0 Å². The minimum atomic E-state index is -4.56. The van der Waals surface area contributed by atoms with Crippen LogP contribution in [0.15, 0.2) is 67.1 Å². The SMILES string of the molecule is Cc1ccc(C(=O)Nc2cc(N(C)CCN(C)C)cc(C(F)(F)F)c2)cc1N1C=C(c2cnc3[nH]ccc3c2)NN1. The number of aromatic amines is 1. The molecule has 1 aliphatic rings. The number of benzene rings is 2. The van der Waals surface area contributed by atoms with Crippen LogP contribution in [0.1, 0.15) is 27.0 Å². The van der Waals surface area contributed by atoms with Crippen molar-refractivity contribution in [3.63, 3.8) is 0 Å². The van der Waals surface area contributed by atoms with Crippen LogP contribution in [-0.2, 0) is 6.18 Å². The number of hydrazine groups is 2. The molecule has 0 atom stereocenters. The van der Waals surface area contributed by atoms with Gasteiger partial charge in [-0.1, -0.05) is 6.07 Å². The fraction of sp³-hybridized carbons (Fsp3) is 0.241. The van der Waals surface area contributed by atoms with Gasteiger partial charge in [-0.3, -0.25) is 9.80 Å². The molecule has 2 aromatic heterocycles. The molecule has 1 amide bonds. The number of anilines is 3. The maximum Gasteiger partial charge on any atom is 0.416 e. The number of pyridine rings is 1. The quantitative estimate of drug-likeness (QED) is 0.240. The standard InChI is InChI=1S/C29H31F3N8O/c1-18-5-6-20(12-26(18)40-17-25(36-37-40)21-11-19-7-8-33-27(19)34-16-21)28(41)35-23-13-22(29(30,31)32)14-24(15-23)39(4)10-9-38(2)3/h5-8,11-17,36-37H,9-10H2,1-4H3,(H,33,34)(H,35,41).